The van der Waals surface area contributed by atoms with E-state index >= 15 is 0 Å². The van der Waals surface area contributed by atoms with Gasteiger partial charge in [-0.25, -0.2) is 14.5 Å². The Morgan fingerprint density at radius 1 is 0.914 bits per heavy atom. The molecule has 0 radical (unpaired) electrons. The van der Waals surface area contributed by atoms with Crippen LogP contribution in [0.5, 0.6) is 11.5 Å². The second-order valence-electron chi connectivity index (χ2n) is 7.20. The van der Waals surface area contributed by atoms with Gasteiger partial charge in [-0.15, -0.1) is 0 Å². The van der Waals surface area contributed by atoms with Crippen LogP contribution in [-0.2, 0) is 14.3 Å². The van der Waals surface area contributed by atoms with Gasteiger partial charge in [-0.3, -0.25) is 9.59 Å². The van der Waals surface area contributed by atoms with Gasteiger partial charge in [-0.05, 0) is 42.3 Å². The minimum atomic E-state index is -0.753. The predicted octanol–water partition coefficient (Wildman–Crippen LogP) is 4.28. The highest BCUT2D eigenvalue weighted by Gasteiger charge is 2.41. The number of amides is 3. The van der Waals surface area contributed by atoms with E-state index in [1.165, 1.54) is 7.11 Å². The summed E-state index contributed by atoms with van der Waals surface area (Å²) >= 11 is 0. The molecule has 0 spiro atoms. The standard InChI is InChI=1S/C19H18N2O5.C7H6O2/c1-25-18(23)20-12-11-15-14-9-5-6-10-16(14)21(17(15)22)19(24)26-13-7-3-2-4-8-13;8-6-9-7-4-2-1-3-5-7/h2-10,15H,11-12H2,1H3,(H,20,23);1-6H/t15-;/m1./s1. The van der Waals surface area contributed by atoms with Crippen LogP contribution in [-0.4, -0.2) is 38.2 Å². The Hall–Kier alpha value is -4.66. The van der Waals surface area contributed by atoms with Crippen molar-refractivity contribution in [1.29, 1.82) is 0 Å². The van der Waals surface area contributed by atoms with Gasteiger partial charge in [0.2, 0.25) is 5.91 Å². The number of hydrogen-bond acceptors (Lipinski definition) is 7. The zero-order valence-electron chi connectivity index (χ0n) is 19.0. The van der Waals surface area contributed by atoms with E-state index in [0.29, 0.717) is 30.1 Å². The predicted molar refractivity (Wildman–Crippen MR) is 127 cm³/mol. The summed E-state index contributed by atoms with van der Waals surface area (Å²) in [7, 11) is 1.27. The average molecular weight is 476 g/mol. The highest BCUT2D eigenvalue weighted by atomic mass is 16.6. The third kappa shape index (κ3) is 6.67. The van der Waals surface area contributed by atoms with Crippen molar-refractivity contribution in [3.05, 3.63) is 90.5 Å². The van der Waals surface area contributed by atoms with Gasteiger partial charge in [0.15, 0.2) is 0 Å². The van der Waals surface area contributed by atoms with E-state index in [9.17, 15) is 19.2 Å². The number of fused-ring (bicyclic) bond motifs is 1. The number of carbonyl (C=O) groups excluding carboxylic acids is 4. The van der Waals surface area contributed by atoms with Crippen LogP contribution in [0, 0.1) is 0 Å². The van der Waals surface area contributed by atoms with Crippen LogP contribution in [0.3, 0.4) is 0 Å². The molecule has 0 bridgehead atoms. The zero-order chi connectivity index (χ0) is 25.0. The van der Waals surface area contributed by atoms with Crippen LogP contribution in [0.4, 0.5) is 15.3 Å². The molecule has 4 rings (SSSR count). The van der Waals surface area contributed by atoms with E-state index in [0.717, 1.165) is 10.5 Å². The molecule has 0 fully saturated rings. The molecule has 1 aliphatic heterocycles. The summed E-state index contributed by atoms with van der Waals surface area (Å²) in [5.41, 5.74) is 1.23. The average Bonchev–Trinajstić information content (AvgIpc) is 3.17. The van der Waals surface area contributed by atoms with Crippen molar-refractivity contribution in [1.82, 2.24) is 5.32 Å². The lowest BCUT2D eigenvalue weighted by Crippen LogP contribution is -2.38. The van der Waals surface area contributed by atoms with Gasteiger partial charge in [-0.2, -0.15) is 0 Å². The zero-order valence-corrected chi connectivity index (χ0v) is 19.0. The number of alkyl carbamates (subject to hydrolysis) is 1. The van der Waals surface area contributed by atoms with Crippen molar-refractivity contribution in [2.75, 3.05) is 18.6 Å². The smallest absolute Gasteiger partial charge is 0.426 e. The molecule has 3 aromatic rings. The Bertz CT molecular complexity index is 1150. The molecule has 3 amide bonds. The molecule has 1 N–H and O–H groups in total. The summed E-state index contributed by atoms with van der Waals surface area (Å²) in [5, 5.41) is 2.55. The lowest BCUT2D eigenvalue weighted by atomic mass is 9.97. The van der Waals surface area contributed by atoms with Crippen LogP contribution < -0.4 is 19.7 Å². The molecule has 9 nitrogen and oxygen atoms in total. The van der Waals surface area contributed by atoms with Crippen LogP contribution in [0.1, 0.15) is 17.9 Å². The van der Waals surface area contributed by atoms with Gasteiger partial charge in [-0.1, -0.05) is 54.6 Å². The fourth-order valence-corrected chi connectivity index (χ4v) is 3.44. The van der Waals surface area contributed by atoms with Crippen LogP contribution in [0.25, 0.3) is 0 Å². The second-order valence-corrected chi connectivity index (χ2v) is 7.20. The molecule has 0 saturated heterocycles. The Labute approximate surface area is 202 Å². The first kappa shape index (κ1) is 25.0. The number of para-hydroxylation sites is 3. The minimum Gasteiger partial charge on any atom is -0.453 e. The summed E-state index contributed by atoms with van der Waals surface area (Å²) in [6, 6.07) is 24.5. The lowest BCUT2D eigenvalue weighted by molar-refractivity contribution is -0.121. The van der Waals surface area contributed by atoms with E-state index < -0.39 is 18.1 Å². The molecule has 1 aliphatic rings. The molecule has 180 valence electrons. The Kier molecular flexibility index (Phi) is 8.95. The molecule has 9 heteroatoms. The quantitative estimate of drug-likeness (QED) is 0.529. The third-order valence-corrected chi connectivity index (χ3v) is 5.02. The third-order valence-electron chi connectivity index (χ3n) is 5.02. The number of nitrogens with zero attached hydrogens (tertiary/aromatic N) is 1. The topological polar surface area (TPSA) is 111 Å². The number of hydrogen-bond donors (Lipinski definition) is 1. The van der Waals surface area contributed by atoms with E-state index in [2.05, 4.69) is 14.8 Å². The van der Waals surface area contributed by atoms with Crippen LogP contribution in [0.15, 0.2) is 84.9 Å². The summed E-state index contributed by atoms with van der Waals surface area (Å²) in [6.45, 7) is 0.661. The van der Waals surface area contributed by atoms with Gasteiger partial charge < -0.3 is 19.5 Å². The number of imide groups is 1. The maximum atomic E-state index is 12.8. The van der Waals surface area contributed by atoms with E-state index in [1.54, 1.807) is 78.9 Å². The Morgan fingerprint density at radius 2 is 1.51 bits per heavy atom. The summed E-state index contributed by atoms with van der Waals surface area (Å²) in [6.07, 6.45) is -0.971. The first-order chi connectivity index (χ1) is 17.0. The molecule has 0 aromatic heterocycles. The first-order valence-corrected chi connectivity index (χ1v) is 10.7. The summed E-state index contributed by atoms with van der Waals surface area (Å²) in [5.74, 6) is 0.0246. The van der Waals surface area contributed by atoms with Crippen molar-refractivity contribution in [2.45, 2.75) is 12.3 Å². The molecular formula is C26H24N2O7. The number of ether oxygens (including phenoxy) is 3. The van der Waals surface area contributed by atoms with E-state index in [1.807, 2.05) is 6.07 Å². The number of benzene rings is 3. The lowest BCUT2D eigenvalue weighted by Gasteiger charge is -2.16. The second kappa shape index (κ2) is 12.5. The SMILES string of the molecule is COC(=O)NCC[C@H]1C(=O)N(C(=O)Oc2ccccc2)c2ccccc21.O=COc1ccccc1. The molecular weight excluding hydrogens is 452 g/mol. The summed E-state index contributed by atoms with van der Waals surface area (Å²) in [4.78, 5) is 47.4. The highest BCUT2D eigenvalue weighted by Crippen LogP contribution is 2.39. The van der Waals surface area contributed by atoms with Crippen molar-refractivity contribution >= 4 is 30.3 Å². The maximum Gasteiger partial charge on any atom is 0.426 e. The molecule has 1 heterocycles. The van der Waals surface area contributed by atoms with Crippen molar-refractivity contribution in [3.63, 3.8) is 0 Å². The number of carbonyl (C=O) groups is 4. The summed E-state index contributed by atoms with van der Waals surface area (Å²) < 4.78 is 14.4. The van der Waals surface area contributed by atoms with Crippen LogP contribution >= 0.6 is 0 Å². The fourth-order valence-electron chi connectivity index (χ4n) is 3.44. The molecule has 0 saturated carbocycles. The van der Waals surface area contributed by atoms with Crippen molar-refractivity contribution in [3.8, 4) is 11.5 Å². The van der Waals surface area contributed by atoms with Gasteiger partial charge >= 0.3 is 12.2 Å². The number of rotatable bonds is 6. The highest BCUT2D eigenvalue weighted by molar-refractivity contribution is 6.19. The number of nitrogens with one attached hydrogen (secondary N) is 1. The largest absolute Gasteiger partial charge is 0.453 e. The fraction of sp³-hybridized carbons (Fsp3) is 0.154. The van der Waals surface area contributed by atoms with Gasteiger partial charge in [0.25, 0.3) is 6.47 Å². The maximum absolute atomic E-state index is 12.8. The number of anilines is 1. The van der Waals surface area contributed by atoms with E-state index in [-0.39, 0.29) is 12.5 Å². The number of methoxy groups -OCH3 is 1. The Morgan fingerprint density at radius 3 is 2.14 bits per heavy atom. The normalized spacial score (nSPS) is 13.6. The van der Waals surface area contributed by atoms with Crippen molar-refractivity contribution in [2.24, 2.45) is 0 Å². The molecule has 3 aromatic carbocycles. The minimum absolute atomic E-state index is 0.249. The molecule has 35 heavy (non-hydrogen) atoms. The molecule has 0 unspecified atom stereocenters. The van der Waals surface area contributed by atoms with Gasteiger partial charge in [0, 0.05) is 6.54 Å². The monoisotopic (exact) mass is 476 g/mol. The molecule has 1 atom stereocenters. The van der Waals surface area contributed by atoms with Gasteiger partial charge in [0.1, 0.15) is 11.5 Å². The van der Waals surface area contributed by atoms with Crippen molar-refractivity contribution < 1.29 is 33.4 Å². The van der Waals surface area contributed by atoms with E-state index in [4.69, 9.17) is 4.74 Å². The van der Waals surface area contributed by atoms with Crippen LogP contribution in [0.2, 0.25) is 0 Å². The molecule has 0 aliphatic carbocycles. The first-order valence-electron chi connectivity index (χ1n) is 10.7. The van der Waals surface area contributed by atoms with Gasteiger partial charge in [0.05, 0.1) is 18.7 Å². The Balaban J connectivity index is 0.000000320.